The number of sulfonamides is 1. The minimum atomic E-state index is -3.09. The Morgan fingerprint density at radius 2 is 1.81 bits per heavy atom. The molecular formula is C15H26N2O3S. The zero-order valence-corrected chi connectivity index (χ0v) is 13.7. The van der Waals surface area contributed by atoms with Gasteiger partial charge in [-0.05, 0) is 24.1 Å². The van der Waals surface area contributed by atoms with Gasteiger partial charge in [0.15, 0.2) is 0 Å². The zero-order valence-electron chi connectivity index (χ0n) is 12.9. The normalized spacial score (nSPS) is 11.5. The molecule has 5 nitrogen and oxygen atoms in total. The van der Waals surface area contributed by atoms with Crippen molar-refractivity contribution in [2.45, 2.75) is 32.7 Å². The van der Waals surface area contributed by atoms with Gasteiger partial charge >= 0.3 is 0 Å². The van der Waals surface area contributed by atoms with Crippen molar-refractivity contribution in [1.82, 2.24) is 10.0 Å². The lowest BCUT2D eigenvalue weighted by molar-refractivity contribution is 0.306. The van der Waals surface area contributed by atoms with Crippen LogP contribution in [0.4, 0.5) is 0 Å². The van der Waals surface area contributed by atoms with Crippen molar-refractivity contribution in [3.8, 4) is 5.75 Å². The summed E-state index contributed by atoms with van der Waals surface area (Å²) in [6.45, 7) is 4.65. The summed E-state index contributed by atoms with van der Waals surface area (Å²) in [5.74, 6) is 0.897. The highest BCUT2D eigenvalue weighted by Crippen LogP contribution is 2.12. The molecule has 6 heteroatoms. The van der Waals surface area contributed by atoms with Crippen LogP contribution in [-0.4, -0.2) is 34.4 Å². The fourth-order valence-corrected chi connectivity index (χ4v) is 2.28. The van der Waals surface area contributed by atoms with Gasteiger partial charge in [-0.25, -0.2) is 13.1 Å². The molecule has 1 aromatic carbocycles. The van der Waals surface area contributed by atoms with Crippen LogP contribution in [0.3, 0.4) is 0 Å². The Kier molecular flexibility index (Phi) is 8.34. The second-order valence-corrected chi connectivity index (χ2v) is 6.88. The molecule has 0 aromatic heterocycles. The van der Waals surface area contributed by atoms with Crippen molar-refractivity contribution in [3.63, 3.8) is 0 Å². The molecule has 0 aliphatic rings. The Bertz CT molecular complexity index is 486. The smallest absolute Gasteiger partial charge is 0.208 e. The number of nitrogens with one attached hydrogen (secondary N) is 2. The summed E-state index contributed by atoms with van der Waals surface area (Å²) in [6, 6.07) is 7.98. The van der Waals surface area contributed by atoms with Gasteiger partial charge < -0.3 is 10.1 Å². The molecule has 0 bridgehead atoms. The number of rotatable bonds is 11. The standard InChI is InChI=1S/C15H26N2O3S/c1-3-4-5-12-20-15-8-6-14(7-9-15)13-16-10-11-17-21(2,18)19/h6-9,16-17H,3-5,10-13H2,1-2H3. The van der Waals surface area contributed by atoms with Crippen LogP contribution in [0.5, 0.6) is 5.75 Å². The van der Waals surface area contributed by atoms with E-state index in [1.807, 2.05) is 24.3 Å². The first-order valence-corrected chi connectivity index (χ1v) is 9.27. The van der Waals surface area contributed by atoms with E-state index in [-0.39, 0.29) is 0 Å². The lowest BCUT2D eigenvalue weighted by Crippen LogP contribution is -2.30. The number of hydrogen-bond acceptors (Lipinski definition) is 4. The molecule has 0 radical (unpaired) electrons. The number of unbranched alkanes of at least 4 members (excludes halogenated alkanes) is 2. The molecule has 0 unspecified atom stereocenters. The highest BCUT2D eigenvalue weighted by molar-refractivity contribution is 7.88. The van der Waals surface area contributed by atoms with Gasteiger partial charge in [-0.3, -0.25) is 0 Å². The van der Waals surface area contributed by atoms with E-state index in [2.05, 4.69) is 17.0 Å². The van der Waals surface area contributed by atoms with Gasteiger partial charge in [0, 0.05) is 19.6 Å². The van der Waals surface area contributed by atoms with E-state index >= 15 is 0 Å². The zero-order chi connectivity index (χ0) is 15.6. The maximum atomic E-state index is 10.9. The molecule has 0 saturated carbocycles. The van der Waals surface area contributed by atoms with Gasteiger partial charge in [0.2, 0.25) is 10.0 Å². The van der Waals surface area contributed by atoms with Gasteiger partial charge in [0.05, 0.1) is 12.9 Å². The highest BCUT2D eigenvalue weighted by atomic mass is 32.2. The topological polar surface area (TPSA) is 67.4 Å². The third-order valence-corrected chi connectivity index (χ3v) is 3.66. The molecule has 2 N–H and O–H groups in total. The summed E-state index contributed by atoms with van der Waals surface area (Å²) < 4.78 is 29.8. The molecule has 1 rings (SSSR count). The van der Waals surface area contributed by atoms with Crippen LogP contribution in [0.2, 0.25) is 0 Å². The highest BCUT2D eigenvalue weighted by Gasteiger charge is 1.99. The van der Waals surface area contributed by atoms with Crippen molar-refractivity contribution >= 4 is 10.0 Å². The average Bonchev–Trinajstić information content (AvgIpc) is 2.43. The van der Waals surface area contributed by atoms with Crippen LogP contribution in [0.25, 0.3) is 0 Å². The summed E-state index contributed by atoms with van der Waals surface area (Å²) in [6.07, 6.45) is 4.64. The monoisotopic (exact) mass is 314 g/mol. The minimum Gasteiger partial charge on any atom is -0.494 e. The summed E-state index contributed by atoms with van der Waals surface area (Å²) in [5.41, 5.74) is 1.15. The second-order valence-electron chi connectivity index (χ2n) is 5.04. The van der Waals surface area contributed by atoms with Crippen LogP contribution < -0.4 is 14.8 Å². The lowest BCUT2D eigenvalue weighted by atomic mass is 10.2. The fraction of sp³-hybridized carbons (Fsp3) is 0.600. The first kappa shape index (κ1) is 17.9. The molecule has 0 spiro atoms. The molecule has 0 saturated heterocycles. The van der Waals surface area contributed by atoms with E-state index in [0.29, 0.717) is 19.6 Å². The Balaban J connectivity index is 2.19. The van der Waals surface area contributed by atoms with E-state index in [0.717, 1.165) is 30.6 Å². The molecular weight excluding hydrogens is 288 g/mol. The lowest BCUT2D eigenvalue weighted by Gasteiger charge is -2.08. The summed E-state index contributed by atoms with van der Waals surface area (Å²) in [4.78, 5) is 0. The molecule has 0 aliphatic heterocycles. The molecule has 0 atom stereocenters. The quantitative estimate of drug-likeness (QED) is 0.612. The maximum absolute atomic E-state index is 10.9. The van der Waals surface area contributed by atoms with Gasteiger partial charge in [0.25, 0.3) is 0 Å². The van der Waals surface area contributed by atoms with Crippen molar-refractivity contribution in [2.24, 2.45) is 0 Å². The van der Waals surface area contributed by atoms with Crippen LogP contribution in [0.15, 0.2) is 24.3 Å². The minimum absolute atomic E-state index is 0.400. The Morgan fingerprint density at radius 3 is 2.43 bits per heavy atom. The van der Waals surface area contributed by atoms with Crippen LogP contribution in [0.1, 0.15) is 31.7 Å². The largest absolute Gasteiger partial charge is 0.494 e. The van der Waals surface area contributed by atoms with Crippen molar-refractivity contribution in [1.29, 1.82) is 0 Å². The number of benzene rings is 1. The summed E-state index contributed by atoms with van der Waals surface area (Å²) >= 11 is 0. The Hall–Kier alpha value is -1.11. The van der Waals surface area contributed by atoms with Crippen LogP contribution in [-0.2, 0) is 16.6 Å². The first-order chi connectivity index (χ1) is 10.0. The van der Waals surface area contributed by atoms with Crippen LogP contribution in [0, 0.1) is 0 Å². The van der Waals surface area contributed by atoms with E-state index in [9.17, 15) is 8.42 Å². The number of ether oxygens (including phenoxy) is 1. The third-order valence-electron chi connectivity index (χ3n) is 2.94. The SMILES string of the molecule is CCCCCOc1ccc(CNCCNS(C)(=O)=O)cc1. The van der Waals surface area contributed by atoms with E-state index in [4.69, 9.17) is 4.74 Å². The van der Waals surface area contributed by atoms with Gasteiger partial charge in [0.1, 0.15) is 5.75 Å². The second kappa shape index (κ2) is 9.76. The fourth-order valence-electron chi connectivity index (χ4n) is 1.80. The maximum Gasteiger partial charge on any atom is 0.208 e. The molecule has 120 valence electrons. The van der Waals surface area contributed by atoms with Crippen LogP contribution >= 0.6 is 0 Å². The molecule has 21 heavy (non-hydrogen) atoms. The van der Waals surface area contributed by atoms with Gasteiger partial charge in [-0.15, -0.1) is 0 Å². The molecule has 0 amide bonds. The first-order valence-electron chi connectivity index (χ1n) is 7.38. The third kappa shape index (κ3) is 9.44. The van der Waals surface area contributed by atoms with Crippen molar-refractivity contribution in [3.05, 3.63) is 29.8 Å². The van der Waals surface area contributed by atoms with Gasteiger partial charge in [-0.1, -0.05) is 31.9 Å². The van der Waals surface area contributed by atoms with E-state index < -0.39 is 10.0 Å². The summed E-state index contributed by atoms with van der Waals surface area (Å²) in [7, 11) is -3.09. The van der Waals surface area contributed by atoms with Gasteiger partial charge in [-0.2, -0.15) is 0 Å². The molecule has 1 aromatic rings. The van der Waals surface area contributed by atoms with E-state index in [1.54, 1.807) is 0 Å². The van der Waals surface area contributed by atoms with E-state index in [1.165, 1.54) is 12.8 Å². The van der Waals surface area contributed by atoms with Crippen molar-refractivity contribution < 1.29 is 13.2 Å². The molecule has 0 aliphatic carbocycles. The Labute approximate surface area is 128 Å². The number of hydrogen-bond donors (Lipinski definition) is 2. The summed E-state index contributed by atoms with van der Waals surface area (Å²) in [5, 5.41) is 3.19. The van der Waals surface area contributed by atoms with Crippen molar-refractivity contribution in [2.75, 3.05) is 26.0 Å². The average molecular weight is 314 g/mol. The molecule has 0 heterocycles. The predicted octanol–water partition coefficient (Wildman–Crippen LogP) is 1.89. The molecule has 0 fully saturated rings. The predicted molar refractivity (Wildman–Crippen MR) is 86.0 cm³/mol. The Morgan fingerprint density at radius 1 is 1.10 bits per heavy atom.